The summed E-state index contributed by atoms with van der Waals surface area (Å²) in [7, 11) is 0. The summed E-state index contributed by atoms with van der Waals surface area (Å²) in [5.74, 6) is 2.03. The predicted octanol–water partition coefficient (Wildman–Crippen LogP) is 5.11. The molecule has 0 aliphatic rings. The Morgan fingerprint density at radius 3 is 2.85 bits per heavy atom. The number of nitrogens with zero attached hydrogens (tertiary/aromatic N) is 3. The summed E-state index contributed by atoms with van der Waals surface area (Å²) in [6.45, 7) is 4.97. The Bertz CT molecular complexity index is 964. The van der Waals surface area contributed by atoms with Crippen LogP contribution in [0, 0.1) is 4.77 Å². The molecule has 0 saturated carbocycles. The van der Waals surface area contributed by atoms with E-state index >= 15 is 0 Å². The number of rotatable bonds is 7. The van der Waals surface area contributed by atoms with Gasteiger partial charge in [0, 0.05) is 0 Å². The van der Waals surface area contributed by atoms with Gasteiger partial charge in [0.2, 0.25) is 4.77 Å². The van der Waals surface area contributed by atoms with Crippen LogP contribution in [0.3, 0.4) is 0 Å². The van der Waals surface area contributed by atoms with Crippen molar-refractivity contribution in [2.75, 3.05) is 13.2 Å². The molecular formula is C17H17BrN4O2S2. The quantitative estimate of drug-likeness (QED) is 0.399. The van der Waals surface area contributed by atoms with E-state index < -0.39 is 0 Å². The minimum absolute atomic E-state index is 0.430. The summed E-state index contributed by atoms with van der Waals surface area (Å²) in [6.07, 6.45) is 1.71. The summed E-state index contributed by atoms with van der Waals surface area (Å²) in [5.41, 5.74) is 0.851. The molecule has 3 aromatic rings. The summed E-state index contributed by atoms with van der Waals surface area (Å²) in [5, 5.41) is 13.5. The van der Waals surface area contributed by atoms with Crippen LogP contribution in [0.15, 0.2) is 39.2 Å². The van der Waals surface area contributed by atoms with E-state index in [0.717, 1.165) is 14.9 Å². The molecule has 0 radical (unpaired) electrons. The Hall–Kier alpha value is -1.97. The van der Waals surface area contributed by atoms with Gasteiger partial charge in [-0.2, -0.15) is 14.9 Å². The van der Waals surface area contributed by atoms with Crippen LogP contribution in [0.4, 0.5) is 0 Å². The van der Waals surface area contributed by atoms with Gasteiger partial charge < -0.3 is 9.47 Å². The van der Waals surface area contributed by atoms with E-state index in [1.165, 1.54) is 0 Å². The highest BCUT2D eigenvalue weighted by atomic mass is 79.9. The van der Waals surface area contributed by atoms with Gasteiger partial charge in [-0.05, 0) is 71.1 Å². The average molecular weight is 453 g/mol. The van der Waals surface area contributed by atoms with E-state index in [2.05, 4.69) is 31.2 Å². The summed E-state index contributed by atoms with van der Waals surface area (Å²) in [6, 6.07) is 7.74. The zero-order valence-corrected chi connectivity index (χ0v) is 17.4. The molecule has 0 bridgehead atoms. The van der Waals surface area contributed by atoms with Gasteiger partial charge in [-0.3, -0.25) is 0 Å². The molecule has 136 valence electrons. The number of hydrogen-bond donors (Lipinski definition) is 1. The molecule has 3 rings (SSSR count). The third-order valence-corrected chi connectivity index (χ3v) is 5.05. The average Bonchev–Trinajstić information content (AvgIpc) is 3.26. The predicted molar refractivity (Wildman–Crippen MR) is 110 cm³/mol. The SMILES string of the molecule is CCOc1cc(/C=N\n2c(-c3cccs3)n[nH]c2=S)cc(Br)c1OCC. The number of ether oxygens (including phenoxy) is 2. The second-order valence-electron chi connectivity index (χ2n) is 5.08. The van der Waals surface area contributed by atoms with Crippen molar-refractivity contribution in [2.45, 2.75) is 13.8 Å². The molecule has 0 amide bonds. The highest BCUT2D eigenvalue weighted by Gasteiger charge is 2.12. The van der Waals surface area contributed by atoms with Crippen molar-refractivity contribution in [1.29, 1.82) is 0 Å². The Kier molecular flexibility index (Phi) is 6.23. The van der Waals surface area contributed by atoms with Gasteiger partial charge in [0.25, 0.3) is 0 Å². The minimum atomic E-state index is 0.430. The number of H-pyrrole nitrogens is 1. The standard InChI is InChI=1S/C17H17BrN4O2S2/c1-3-23-13-9-11(8-12(18)15(13)24-4-2)10-19-22-16(20-21-17(22)25)14-6-5-7-26-14/h5-10H,3-4H2,1-2H3,(H,21,25)/b19-10-. The molecule has 0 saturated heterocycles. The Labute approximate surface area is 168 Å². The second-order valence-corrected chi connectivity index (χ2v) is 7.27. The third kappa shape index (κ3) is 4.05. The summed E-state index contributed by atoms with van der Waals surface area (Å²) in [4.78, 5) is 0.984. The van der Waals surface area contributed by atoms with Gasteiger partial charge in [-0.25, -0.2) is 5.10 Å². The van der Waals surface area contributed by atoms with E-state index in [1.54, 1.807) is 22.2 Å². The molecule has 0 unspecified atom stereocenters. The molecular weight excluding hydrogens is 436 g/mol. The number of thiophene rings is 1. The van der Waals surface area contributed by atoms with Crippen molar-refractivity contribution in [2.24, 2.45) is 5.10 Å². The van der Waals surface area contributed by atoms with Gasteiger partial charge in [0.15, 0.2) is 17.3 Å². The van der Waals surface area contributed by atoms with E-state index in [1.807, 2.05) is 43.5 Å². The van der Waals surface area contributed by atoms with Gasteiger partial charge in [-0.15, -0.1) is 11.3 Å². The van der Waals surface area contributed by atoms with E-state index in [9.17, 15) is 0 Å². The zero-order valence-electron chi connectivity index (χ0n) is 14.2. The number of aromatic amines is 1. The smallest absolute Gasteiger partial charge is 0.216 e. The minimum Gasteiger partial charge on any atom is -0.490 e. The molecule has 9 heteroatoms. The summed E-state index contributed by atoms with van der Waals surface area (Å²) >= 11 is 10.4. The van der Waals surface area contributed by atoms with E-state index in [4.69, 9.17) is 21.7 Å². The van der Waals surface area contributed by atoms with Crippen LogP contribution in [-0.4, -0.2) is 34.3 Å². The maximum atomic E-state index is 5.69. The molecule has 26 heavy (non-hydrogen) atoms. The topological polar surface area (TPSA) is 64.4 Å². The fourth-order valence-corrected chi connectivity index (χ4v) is 3.75. The molecule has 6 nitrogen and oxygen atoms in total. The van der Waals surface area contributed by atoms with Crippen LogP contribution >= 0.6 is 39.5 Å². The molecule has 1 aromatic carbocycles. The van der Waals surface area contributed by atoms with Gasteiger partial charge in [0.1, 0.15) is 0 Å². The van der Waals surface area contributed by atoms with Crippen molar-refractivity contribution >= 4 is 45.7 Å². The van der Waals surface area contributed by atoms with Crippen LogP contribution in [0.5, 0.6) is 11.5 Å². The Morgan fingerprint density at radius 2 is 2.15 bits per heavy atom. The third-order valence-electron chi connectivity index (χ3n) is 3.33. The lowest BCUT2D eigenvalue weighted by Gasteiger charge is -2.13. The normalized spacial score (nSPS) is 11.2. The van der Waals surface area contributed by atoms with E-state index in [0.29, 0.717) is 35.3 Å². The van der Waals surface area contributed by atoms with Gasteiger partial charge in [0.05, 0.1) is 28.8 Å². The van der Waals surface area contributed by atoms with E-state index in [-0.39, 0.29) is 0 Å². The Morgan fingerprint density at radius 1 is 1.35 bits per heavy atom. The van der Waals surface area contributed by atoms with Crippen molar-refractivity contribution in [3.63, 3.8) is 0 Å². The van der Waals surface area contributed by atoms with Crippen molar-refractivity contribution in [1.82, 2.24) is 14.9 Å². The fourth-order valence-electron chi connectivity index (χ4n) is 2.30. The maximum absolute atomic E-state index is 5.69. The van der Waals surface area contributed by atoms with Crippen LogP contribution in [0.25, 0.3) is 10.7 Å². The highest BCUT2D eigenvalue weighted by Crippen LogP contribution is 2.36. The summed E-state index contributed by atoms with van der Waals surface area (Å²) < 4.78 is 14.2. The van der Waals surface area contributed by atoms with Crippen LogP contribution in [0.2, 0.25) is 0 Å². The molecule has 0 fully saturated rings. The molecule has 0 aliphatic carbocycles. The number of benzene rings is 1. The molecule has 0 aliphatic heterocycles. The first kappa shape index (κ1) is 18.8. The van der Waals surface area contributed by atoms with Gasteiger partial charge >= 0.3 is 0 Å². The highest BCUT2D eigenvalue weighted by molar-refractivity contribution is 9.10. The lowest BCUT2D eigenvalue weighted by molar-refractivity contribution is 0.286. The van der Waals surface area contributed by atoms with Crippen molar-refractivity contribution in [3.8, 4) is 22.2 Å². The van der Waals surface area contributed by atoms with Crippen molar-refractivity contribution in [3.05, 3.63) is 44.5 Å². The number of nitrogens with one attached hydrogen (secondary N) is 1. The number of halogens is 1. The molecule has 1 N–H and O–H groups in total. The molecule has 0 atom stereocenters. The first-order valence-corrected chi connectivity index (χ1v) is 10.1. The van der Waals surface area contributed by atoms with Gasteiger partial charge in [-0.1, -0.05) is 6.07 Å². The maximum Gasteiger partial charge on any atom is 0.216 e. The van der Waals surface area contributed by atoms with Crippen LogP contribution in [-0.2, 0) is 0 Å². The number of aromatic nitrogens is 3. The second kappa shape index (κ2) is 8.61. The zero-order chi connectivity index (χ0) is 18.5. The first-order valence-electron chi connectivity index (χ1n) is 7.98. The first-order chi connectivity index (χ1) is 12.6. The monoisotopic (exact) mass is 452 g/mol. The number of hydrogen-bond acceptors (Lipinski definition) is 6. The lowest BCUT2D eigenvalue weighted by atomic mass is 10.2. The largest absolute Gasteiger partial charge is 0.490 e. The molecule has 2 heterocycles. The molecule has 0 spiro atoms. The van der Waals surface area contributed by atoms with Crippen LogP contribution < -0.4 is 9.47 Å². The van der Waals surface area contributed by atoms with Crippen LogP contribution in [0.1, 0.15) is 19.4 Å². The Balaban J connectivity index is 1.97. The van der Waals surface area contributed by atoms with Crippen molar-refractivity contribution < 1.29 is 9.47 Å². The lowest BCUT2D eigenvalue weighted by Crippen LogP contribution is -2.01. The molecule has 2 aromatic heterocycles. The fraction of sp³-hybridized carbons (Fsp3) is 0.235.